The second-order valence-electron chi connectivity index (χ2n) is 6.95. The lowest BCUT2D eigenvalue weighted by Gasteiger charge is -2.32. The molecule has 4 rings (SSSR count). The molecule has 1 atom stereocenters. The molecule has 1 saturated heterocycles. The maximum Gasteiger partial charge on any atom is 0.255 e. The van der Waals surface area contributed by atoms with Crippen LogP contribution >= 0.6 is 0 Å². The van der Waals surface area contributed by atoms with Gasteiger partial charge in [-0.3, -0.25) is 9.78 Å². The van der Waals surface area contributed by atoms with Crippen molar-refractivity contribution in [1.82, 2.24) is 20.0 Å². The van der Waals surface area contributed by atoms with Gasteiger partial charge in [0.2, 0.25) is 0 Å². The molecule has 0 unspecified atom stereocenters. The number of aromatic nitrogens is 3. The van der Waals surface area contributed by atoms with E-state index in [1.807, 2.05) is 51.1 Å². The zero-order valence-corrected chi connectivity index (χ0v) is 16.2. The molecule has 28 heavy (non-hydrogen) atoms. The minimum atomic E-state index is -0.281. The first-order chi connectivity index (χ1) is 13.5. The zero-order chi connectivity index (χ0) is 19.7. The van der Waals surface area contributed by atoms with Gasteiger partial charge in [-0.1, -0.05) is 11.2 Å². The topological polar surface area (TPSA) is 81.4 Å². The van der Waals surface area contributed by atoms with Crippen LogP contribution in [0.3, 0.4) is 0 Å². The van der Waals surface area contributed by atoms with Crippen LogP contribution in [0.5, 0.6) is 0 Å². The van der Waals surface area contributed by atoms with Crippen molar-refractivity contribution >= 4 is 5.91 Å². The number of ether oxygens (including phenoxy) is 1. The molecule has 3 aromatic heterocycles. The fourth-order valence-electron chi connectivity index (χ4n) is 3.41. The summed E-state index contributed by atoms with van der Waals surface area (Å²) in [7, 11) is 0. The Kier molecular flexibility index (Phi) is 4.92. The number of aryl methyl sites for hydroxylation is 3. The number of nitrogens with zero attached hydrogens (tertiary/aromatic N) is 4. The number of hydrogen-bond acceptors (Lipinski definition) is 6. The summed E-state index contributed by atoms with van der Waals surface area (Å²) < 4.78 is 11.2. The molecule has 7 nitrogen and oxygen atoms in total. The van der Waals surface area contributed by atoms with E-state index < -0.39 is 0 Å². The summed E-state index contributed by atoms with van der Waals surface area (Å²) in [4.78, 5) is 23.6. The van der Waals surface area contributed by atoms with Gasteiger partial charge >= 0.3 is 0 Å². The van der Waals surface area contributed by atoms with E-state index in [0.717, 1.165) is 34.1 Å². The molecule has 0 aromatic carbocycles. The molecule has 0 bridgehead atoms. The van der Waals surface area contributed by atoms with Crippen molar-refractivity contribution in [2.75, 3.05) is 19.7 Å². The first-order valence-electron chi connectivity index (χ1n) is 9.26. The molecular weight excluding hydrogens is 356 g/mol. The van der Waals surface area contributed by atoms with Gasteiger partial charge in [-0.2, -0.15) is 0 Å². The average Bonchev–Trinajstić information content (AvgIpc) is 3.06. The smallest absolute Gasteiger partial charge is 0.255 e. The summed E-state index contributed by atoms with van der Waals surface area (Å²) in [6, 6.07) is 9.45. The van der Waals surface area contributed by atoms with Gasteiger partial charge in [0.25, 0.3) is 5.91 Å². The van der Waals surface area contributed by atoms with E-state index in [1.165, 1.54) is 0 Å². The highest BCUT2D eigenvalue weighted by Gasteiger charge is 2.27. The van der Waals surface area contributed by atoms with Crippen molar-refractivity contribution in [3.8, 4) is 11.3 Å². The van der Waals surface area contributed by atoms with Crippen molar-refractivity contribution < 1.29 is 14.1 Å². The molecule has 0 N–H and O–H groups in total. The fraction of sp³-hybridized carbons (Fsp3) is 0.333. The van der Waals surface area contributed by atoms with Crippen LogP contribution < -0.4 is 0 Å². The molecule has 0 aliphatic carbocycles. The Balaban J connectivity index is 1.56. The molecule has 0 saturated carbocycles. The van der Waals surface area contributed by atoms with Gasteiger partial charge in [-0.15, -0.1) is 0 Å². The molecule has 1 aliphatic rings. The number of rotatable bonds is 3. The number of carbonyl (C=O) groups is 1. The van der Waals surface area contributed by atoms with Crippen LogP contribution in [0, 0.1) is 20.8 Å². The monoisotopic (exact) mass is 378 g/mol. The third-order valence-corrected chi connectivity index (χ3v) is 4.90. The second-order valence-corrected chi connectivity index (χ2v) is 6.95. The van der Waals surface area contributed by atoms with Gasteiger partial charge in [0.15, 0.2) is 0 Å². The largest absolute Gasteiger partial charge is 0.368 e. The van der Waals surface area contributed by atoms with Crippen molar-refractivity contribution in [1.29, 1.82) is 0 Å². The van der Waals surface area contributed by atoms with E-state index in [4.69, 9.17) is 14.2 Å². The van der Waals surface area contributed by atoms with Crippen LogP contribution in [0.1, 0.15) is 39.3 Å². The summed E-state index contributed by atoms with van der Waals surface area (Å²) in [5.41, 5.74) is 4.76. The molecule has 1 amide bonds. The third kappa shape index (κ3) is 3.53. The number of hydrogen-bond donors (Lipinski definition) is 0. The summed E-state index contributed by atoms with van der Waals surface area (Å²) in [6.45, 7) is 7.13. The van der Waals surface area contributed by atoms with Crippen LogP contribution in [0.15, 0.2) is 41.1 Å². The highest BCUT2D eigenvalue weighted by Crippen LogP contribution is 2.28. The minimum Gasteiger partial charge on any atom is -0.368 e. The van der Waals surface area contributed by atoms with Gasteiger partial charge < -0.3 is 14.2 Å². The molecule has 144 valence electrons. The van der Waals surface area contributed by atoms with Crippen molar-refractivity contribution in [2.24, 2.45) is 0 Å². The Morgan fingerprint density at radius 2 is 2.04 bits per heavy atom. The number of pyridine rings is 2. The van der Waals surface area contributed by atoms with E-state index in [1.54, 1.807) is 11.1 Å². The van der Waals surface area contributed by atoms with Gasteiger partial charge in [0.1, 0.15) is 11.9 Å². The van der Waals surface area contributed by atoms with E-state index in [0.29, 0.717) is 25.3 Å². The van der Waals surface area contributed by atoms with Gasteiger partial charge in [0, 0.05) is 18.4 Å². The van der Waals surface area contributed by atoms with E-state index in [2.05, 4.69) is 10.1 Å². The number of amides is 1. The first kappa shape index (κ1) is 18.3. The number of morpholine rings is 1. The summed E-state index contributed by atoms with van der Waals surface area (Å²) in [5, 5.41) is 4.00. The van der Waals surface area contributed by atoms with E-state index >= 15 is 0 Å². The molecule has 3 aromatic rings. The highest BCUT2D eigenvalue weighted by atomic mass is 16.5. The Bertz CT molecular complexity index is 978. The first-order valence-corrected chi connectivity index (χ1v) is 9.26. The molecule has 1 fully saturated rings. The quantitative estimate of drug-likeness (QED) is 0.696. The molecule has 0 radical (unpaired) electrons. The maximum atomic E-state index is 12.8. The molecular formula is C21H22N4O3. The Morgan fingerprint density at radius 3 is 2.75 bits per heavy atom. The standard InChI is InChI=1S/C21H22N4O3/c1-13-7-8-16(11-22-13)21(26)25-9-10-27-19(12-25)17-5-4-6-18(23-17)20-14(2)24-28-15(20)3/h4-8,11,19H,9-10,12H2,1-3H3/t19-/m0/s1. The van der Waals surface area contributed by atoms with Gasteiger partial charge in [0.05, 0.1) is 41.4 Å². The lowest BCUT2D eigenvalue weighted by molar-refractivity contribution is -0.0246. The summed E-state index contributed by atoms with van der Waals surface area (Å²) >= 11 is 0. The van der Waals surface area contributed by atoms with Gasteiger partial charge in [-0.25, -0.2) is 4.98 Å². The molecule has 7 heteroatoms. The Labute approximate surface area is 163 Å². The van der Waals surface area contributed by atoms with Crippen LogP contribution in [-0.2, 0) is 4.74 Å². The van der Waals surface area contributed by atoms with Crippen LogP contribution in [0.2, 0.25) is 0 Å². The minimum absolute atomic E-state index is 0.0392. The van der Waals surface area contributed by atoms with Crippen LogP contribution in [0.4, 0.5) is 0 Å². The highest BCUT2D eigenvalue weighted by molar-refractivity contribution is 5.94. The van der Waals surface area contributed by atoms with Crippen molar-refractivity contribution in [3.63, 3.8) is 0 Å². The summed E-state index contributed by atoms with van der Waals surface area (Å²) in [5.74, 6) is 0.693. The van der Waals surface area contributed by atoms with Gasteiger partial charge in [-0.05, 0) is 45.0 Å². The third-order valence-electron chi connectivity index (χ3n) is 4.90. The predicted octanol–water partition coefficient (Wildman–Crippen LogP) is 3.27. The Hall–Kier alpha value is -3.06. The lowest BCUT2D eigenvalue weighted by atomic mass is 10.1. The molecule has 4 heterocycles. The SMILES string of the molecule is Cc1ccc(C(=O)N2CCO[C@H](c3cccc(-c4c(C)noc4C)n3)C2)cn1. The molecule has 1 aliphatic heterocycles. The summed E-state index contributed by atoms with van der Waals surface area (Å²) in [6.07, 6.45) is 1.34. The van der Waals surface area contributed by atoms with Crippen molar-refractivity contribution in [2.45, 2.75) is 26.9 Å². The Morgan fingerprint density at radius 1 is 1.18 bits per heavy atom. The van der Waals surface area contributed by atoms with Crippen molar-refractivity contribution in [3.05, 3.63) is 64.9 Å². The second kappa shape index (κ2) is 7.52. The zero-order valence-electron chi connectivity index (χ0n) is 16.2. The van der Waals surface area contributed by atoms with E-state index in [-0.39, 0.29) is 12.0 Å². The molecule has 0 spiro atoms. The predicted molar refractivity (Wildman–Crippen MR) is 103 cm³/mol. The number of carbonyl (C=O) groups excluding carboxylic acids is 1. The fourth-order valence-corrected chi connectivity index (χ4v) is 3.41. The lowest BCUT2D eigenvalue weighted by Crippen LogP contribution is -2.42. The van der Waals surface area contributed by atoms with Crippen LogP contribution in [0.25, 0.3) is 11.3 Å². The normalized spacial score (nSPS) is 17.0. The average molecular weight is 378 g/mol. The van der Waals surface area contributed by atoms with Crippen LogP contribution in [-0.4, -0.2) is 45.6 Å². The maximum absolute atomic E-state index is 12.8. The van der Waals surface area contributed by atoms with E-state index in [9.17, 15) is 4.79 Å².